The molecule has 54 valence electrons. The van der Waals surface area contributed by atoms with Crippen molar-refractivity contribution in [2.45, 2.75) is 18.8 Å². The van der Waals surface area contributed by atoms with Crippen LogP contribution in [0.3, 0.4) is 0 Å². The zero-order chi connectivity index (χ0) is 7.14. The zero-order valence-electron chi connectivity index (χ0n) is 5.91. The van der Waals surface area contributed by atoms with Crippen molar-refractivity contribution in [2.24, 2.45) is 7.05 Å². The molecule has 0 radical (unpaired) electrons. The summed E-state index contributed by atoms with van der Waals surface area (Å²) in [5.41, 5.74) is 0.877. The molecular weight excluding hydrogens is 128 g/mol. The number of rotatable bonds is 1. The van der Waals surface area contributed by atoms with Crippen molar-refractivity contribution in [3.63, 3.8) is 0 Å². The Labute approximate surface area is 59.3 Å². The molecule has 1 aromatic rings. The van der Waals surface area contributed by atoms with E-state index in [1.165, 1.54) is 12.8 Å². The summed E-state index contributed by atoms with van der Waals surface area (Å²) < 4.78 is 1.66. The van der Waals surface area contributed by atoms with Gasteiger partial charge in [0.05, 0.1) is 6.20 Å². The smallest absolute Gasteiger partial charge is 0.157 e. The number of hydrogen-bond acceptors (Lipinski definition) is 2. The van der Waals surface area contributed by atoms with Gasteiger partial charge in [0.1, 0.15) is 5.69 Å². The Morgan fingerprint density at radius 2 is 2.40 bits per heavy atom. The molecule has 10 heavy (non-hydrogen) atoms. The third-order valence-electron chi connectivity index (χ3n) is 1.80. The lowest BCUT2D eigenvalue weighted by Gasteiger charge is -1.87. The van der Waals surface area contributed by atoms with Crippen LogP contribution in [0.15, 0.2) is 6.20 Å². The number of aryl methyl sites for hydroxylation is 1. The van der Waals surface area contributed by atoms with Crippen LogP contribution in [0.5, 0.6) is 5.75 Å². The fourth-order valence-electron chi connectivity index (χ4n) is 1.14. The molecule has 3 heteroatoms. The predicted octanol–water partition coefficient (Wildman–Crippen LogP) is 1.00. The maximum absolute atomic E-state index is 9.26. The van der Waals surface area contributed by atoms with Crippen LogP contribution in [0.1, 0.15) is 24.5 Å². The van der Waals surface area contributed by atoms with Crippen molar-refractivity contribution in [3.05, 3.63) is 11.9 Å². The maximum Gasteiger partial charge on any atom is 0.157 e. The number of aromatic nitrogens is 2. The molecule has 0 unspecified atom stereocenters. The quantitative estimate of drug-likeness (QED) is 0.628. The van der Waals surface area contributed by atoms with Gasteiger partial charge in [0, 0.05) is 13.0 Å². The summed E-state index contributed by atoms with van der Waals surface area (Å²) in [7, 11) is 1.82. The largest absolute Gasteiger partial charge is 0.504 e. The zero-order valence-corrected chi connectivity index (χ0v) is 5.91. The van der Waals surface area contributed by atoms with E-state index in [9.17, 15) is 5.11 Å². The normalized spacial score (nSPS) is 17.7. The molecule has 0 atom stereocenters. The van der Waals surface area contributed by atoms with Gasteiger partial charge in [0.2, 0.25) is 0 Å². The summed E-state index contributed by atoms with van der Waals surface area (Å²) in [6.45, 7) is 0. The van der Waals surface area contributed by atoms with Gasteiger partial charge in [-0.3, -0.25) is 4.68 Å². The summed E-state index contributed by atoms with van der Waals surface area (Å²) >= 11 is 0. The molecule has 1 heterocycles. The Balaban J connectivity index is 2.38. The average Bonchev–Trinajstić information content (AvgIpc) is 2.61. The minimum Gasteiger partial charge on any atom is -0.504 e. The number of nitrogens with zero attached hydrogens (tertiary/aromatic N) is 2. The fraction of sp³-hybridized carbons (Fsp3) is 0.571. The lowest BCUT2D eigenvalue weighted by Crippen LogP contribution is -1.88. The third-order valence-corrected chi connectivity index (χ3v) is 1.80. The van der Waals surface area contributed by atoms with Crippen molar-refractivity contribution < 1.29 is 5.11 Å². The first-order chi connectivity index (χ1) is 4.77. The summed E-state index contributed by atoms with van der Waals surface area (Å²) in [4.78, 5) is 0. The molecule has 3 nitrogen and oxygen atoms in total. The Kier molecular flexibility index (Phi) is 1.01. The maximum atomic E-state index is 9.26. The molecule has 1 aliphatic rings. The lowest BCUT2D eigenvalue weighted by atomic mass is 10.3. The van der Waals surface area contributed by atoms with Crippen LogP contribution >= 0.6 is 0 Å². The predicted molar refractivity (Wildman–Crippen MR) is 36.8 cm³/mol. The van der Waals surface area contributed by atoms with Crippen LogP contribution in [0.25, 0.3) is 0 Å². The molecule has 0 bridgehead atoms. The number of hydrogen-bond donors (Lipinski definition) is 1. The van der Waals surface area contributed by atoms with Gasteiger partial charge < -0.3 is 5.11 Å². The molecule has 2 rings (SSSR count). The van der Waals surface area contributed by atoms with Gasteiger partial charge in [-0.1, -0.05) is 0 Å². The molecule has 0 aliphatic heterocycles. The van der Waals surface area contributed by atoms with Crippen LogP contribution in [-0.4, -0.2) is 14.9 Å². The first-order valence-corrected chi connectivity index (χ1v) is 3.50. The molecule has 1 aromatic heterocycles. The van der Waals surface area contributed by atoms with Crippen LogP contribution in [-0.2, 0) is 7.05 Å². The van der Waals surface area contributed by atoms with E-state index in [1.807, 2.05) is 7.05 Å². The fourth-order valence-corrected chi connectivity index (χ4v) is 1.14. The van der Waals surface area contributed by atoms with Crippen LogP contribution in [0.4, 0.5) is 0 Å². The highest BCUT2D eigenvalue weighted by molar-refractivity contribution is 5.29. The third kappa shape index (κ3) is 0.781. The van der Waals surface area contributed by atoms with Gasteiger partial charge >= 0.3 is 0 Å². The minimum atomic E-state index is 0.352. The van der Waals surface area contributed by atoms with Gasteiger partial charge in [0.15, 0.2) is 5.75 Å². The van der Waals surface area contributed by atoms with Crippen molar-refractivity contribution >= 4 is 0 Å². The second kappa shape index (κ2) is 1.75. The highest BCUT2D eigenvalue weighted by Gasteiger charge is 2.28. The highest BCUT2D eigenvalue weighted by Crippen LogP contribution is 2.42. The second-order valence-corrected chi connectivity index (χ2v) is 2.85. The van der Waals surface area contributed by atoms with E-state index in [0.717, 1.165) is 5.69 Å². The van der Waals surface area contributed by atoms with Crippen molar-refractivity contribution in [3.8, 4) is 5.75 Å². The van der Waals surface area contributed by atoms with Gasteiger partial charge in [-0.15, -0.1) is 0 Å². The first kappa shape index (κ1) is 5.77. The molecule has 1 N–H and O–H groups in total. The van der Waals surface area contributed by atoms with Gasteiger partial charge in [-0.25, -0.2) is 0 Å². The SMILES string of the molecule is Cn1cc(O)c(C2CC2)n1. The molecule has 0 aromatic carbocycles. The van der Waals surface area contributed by atoms with Crippen molar-refractivity contribution in [1.82, 2.24) is 9.78 Å². The Morgan fingerprint density at radius 1 is 1.70 bits per heavy atom. The van der Waals surface area contributed by atoms with Gasteiger partial charge in [-0.2, -0.15) is 5.10 Å². The summed E-state index contributed by atoms with van der Waals surface area (Å²) in [5.74, 6) is 0.895. The van der Waals surface area contributed by atoms with E-state index < -0.39 is 0 Å². The van der Waals surface area contributed by atoms with E-state index >= 15 is 0 Å². The molecular formula is C7H10N2O. The van der Waals surface area contributed by atoms with E-state index in [-0.39, 0.29) is 0 Å². The Bertz CT molecular complexity index is 250. The van der Waals surface area contributed by atoms with Crippen LogP contribution in [0, 0.1) is 0 Å². The number of aromatic hydroxyl groups is 1. The molecule has 0 spiro atoms. The molecule has 1 aliphatic carbocycles. The van der Waals surface area contributed by atoms with Crippen molar-refractivity contribution in [2.75, 3.05) is 0 Å². The topological polar surface area (TPSA) is 38.0 Å². The summed E-state index contributed by atoms with van der Waals surface area (Å²) in [6, 6.07) is 0. The first-order valence-electron chi connectivity index (χ1n) is 3.50. The molecule has 0 saturated heterocycles. The summed E-state index contributed by atoms with van der Waals surface area (Å²) in [5, 5.41) is 13.4. The van der Waals surface area contributed by atoms with Crippen LogP contribution in [0.2, 0.25) is 0 Å². The minimum absolute atomic E-state index is 0.352. The summed E-state index contributed by atoms with van der Waals surface area (Å²) in [6.07, 6.45) is 4.02. The van der Waals surface area contributed by atoms with Crippen molar-refractivity contribution in [1.29, 1.82) is 0 Å². The van der Waals surface area contributed by atoms with E-state index in [0.29, 0.717) is 11.7 Å². The standard InChI is InChI=1S/C7H10N2O/c1-9-4-6(10)7(8-9)5-2-3-5/h4-5,10H,2-3H2,1H3. The average molecular weight is 138 g/mol. The lowest BCUT2D eigenvalue weighted by molar-refractivity contribution is 0.468. The van der Waals surface area contributed by atoms with E-state index in [1.54, 1.807) is 10.9 Å². The van der Waals surface area contributed by atoms with Gasteiger partial charge in [0.25, 0.3) is 0 Å². The Hall–Kier alpha value is -0.990. The van der Waals surface area contributed by atoms with E-state index in [4.69, 9.17) is 0 Å². The highest BCUT2D eigenvalue weighted by atomic mass is 16.3. The van der Waals surface area contributed by atoms with E-state index in [2.05, 4.69) is 5.10 Å². The van der Waals surface area contributed by atoms with Gasteiger partial charge in [-0.05, 0) is 12.8 Å². The second-order valence-electron chi connectivity index (χ2n) is 2.85. The Morgan fingerprint density at radius 3 is 2.80 bits per heavy atom. The molecule has 1 fully saturated rings. The molecule has 0 amide bonds. The monoisotopic (exact) mass is 138 g/mol. The molecule has 1 saturated carbocycles. The van der Waals surface area contributed by atoms with Crippen LogP contribution < -0.4 is 0 Å².